The first-order valence-electron chi connectivity index (χ1n) is 16.2. The van der Waals surface area contributed by atoms with E-state index in [1.807, 2.05) is 0 Å². The summed E-state index contributed by atoms with van der Waals surface area (Å²) in [5.74, 6) is 0. The van der Waals surface area contributed by atoms with E-state index >= 15 is 0 Å². The van der Waals surface area contributed by atoms with Gasteiger partial charge in [-0.25, -0.2) is 0 Å². The highest BCUT2D eigenvalue weighted by Crippen LogP contribution is 2.37. The van der Waals surface area contributed by atoms with Crippen molar-refractivity contribution in [1.82, 2.24) is 0 Å². The van der Waals surface area contributed by atoms with Gasteiger partial charge in [0, 0.05) is 17.1 Å². The molecule has 47 heavy (non-hydrogen) atoms. The molecule has 0 unspecified atom stereocenters. The zero-order chi connectivity index (χ0) is 31.2. The lowest BCUT2D eigenvalue weighted by molar-refractivity contribution is 1.28. The summed E-state index contributed by atoms with van der Waals surface area (Å²) in [4.78, 5) is 2.30. The Labute approximate surface area is 274 Å². The lowest BCUT2D eigenvalue weighted by atomic mass is 9.95. The Kier molecular flexibility index (Phi) is 6.54. The van der Waals surface area contributed by atoms with E-state index in [2.05, 4.69) is 193 Å². The molecule has 0 aliphatic rings. The van der Waals surface area contributed by atoms with Crippen LogP contribution in [0.4, 0.5) is 17.1 Å². The molecule has 0 N–H and O–H groups in total. The fourth-order valence-corrected chi connectivity index (χ4v) is 6.88. The Morgan fingerprint density at radius 3 is 0.979 bits per heavy atom. The highest BCUT2D eigenvalue weighted by Gasteiger charge is 2.12. The van der Waals surface area contributed by atoms with E-state index in [1.165, 1.54) is 65.3 Å². The first-order valence-corrected chi connectivity index (χ1v) is 16.2. The summed E-state index contributed by atoms with van der Waals surface area (Å²) < 4.78 is 0. The van der Waals surface area contributed by atoms with Crippen LogP contribution in [-0.2, 0) is 0 Å². The average Bonchev–Trinajstić information content (AvgIpc) is 3.14. The molecule has 0 aliphatic carbocycles. The molecule has 0 aliphatic heterocycles. The van der Waals surface area contributed by atoms with Crippen LogP contribution in [0.2, 0.25) is 0 Å². The zero-order valence-electron chi connectivity index (χ0n) is 25.8. The quantitative estimate of drug-likeness (QED) is 0.178. The summed E-state index contributed by atoms with van der Waals surface area (Å²) in [5.41, 5.74) is 8.32. The Morgan fingerprint density at radius 1 is 0.213 bits per heavy atom. The highest BCUT2D eigenvalue weighted by molar-refractivity contribution is 6.03. The van der Waals surface area contributed by atoms with Gasteiger partial charge in [-0.2, -0.15) is 0 Å². The number of rotatable bonds is 5. The van der Waals surface area contributed by atoms with Crippen LogP contribution in [-0.4, -0.2) is 0 Å². The second-order valence-corrected chi connectivity index (χ2v) is 12.3. The van der Waals surface area contributed by atoms with E-state index in [4.69, 9.17) is 0 Å². The van der Waals surface area contributed by atoms with Crippen LogP contribution in [0.5, 0.6) is 0 Å². The van der Waals surface area contributed by atoms with Crippen molar-refractivity contribution in [2.24, 2.45) is 0 Å². The van der Waals surface area contributed by atoms with Crippen molar-refractivity contribution in [3.05, 3.63) is 188 Å². The normalized spacial score (nSPS) is 11.4. The van der Waals surface area contributed by atoms with Crippen LogP contribution in [0.25, 0.3) is 65.3 Å². The van der Waals surface area contributed by atoms with Crippen LogP contribution in [0, 0.1) is 0 Å². The average molecular weight is 598 g/mol. The fourth-order valence-electron chi connectivity index (χ4n) is 6.88. The third kappa shape index (κ3) is 5.09. The standard InChI is InChI=1S/C46H31N/c1-3-11-44(12-4-1)47(45-13-5-2-6-14-45)46-23-21-32(22-24-46)35-15-18-39-31-43-29-37(17-20-40(43)30-42(39)27-35)36-16-19-38-25-33-9-7-8-10-34(33)26-41(38)28-36/h1-31H. The van der Waals surface area contributed by atoms with Crippen molar-refractivity contribution in [2.45, 2.75) is 0 Å². The van der Waals surface area contributed by atoms with Gasteiger partial charge in [0.15, 0.2) is 0 Å². The van der Waals surface area contributed by atoms with Gasteiger partial charge in [-0.3, -0.25) is 0 Å². The van der Waals surface area contributed by atoms with Crippen molar-refractivity contribution in [3.63, 3.8) is 0 Å². The molecule has 9 aromatic carbocycles. The number of hydrogen-bond acceptors (Lipinski definition) is 1. The maximum absolute atomic E-state index is 2.33. The van der Waals surface area contributed by atoms with Gasteiger partial charge in [-0.05, 0) is 144 Å². The van der Waals surface area contributed by atoms with Crippen molar-refractivity contribution in [3.8, 4) is 22.3 Å². The molecule has 9 rings (SSSR count). The van der Waals surface area contributed by atoms with E-state index in [-0.39, 0.29) is 0 Å². The van der Waals surface area contributed by atoms with Crippen molar-refractivity contribution < 1.29 is 0 Å². The molecule has 0 heterocycles. The minimum Gasteiger partial charge on any atom is -0.311 e. The van der Waals surface area contributed by atoms with E-state index in [0.717, 1.165) is 17.1 Å². The molecule has 0 spiro atoms. The summed E-state index contributed by atoms with van der Waals surface area (Å²) >= 11 is 0. The molecular formula is C46H31N. The number of anilines is 3. The van der Waals surface area contributed by atoms with Gasteiger partial charge in [0.1, 0.15) is 0 Å². The summed E-state index contributed by atoms with van der Waals surface area (Å²) in [5, 5.41) is 10.1. The SMILES string of the molecule is c1ccc(N(c2ccccc2)c2ccc(-c3ccc4cc5cc(-c6ccc7cc8ccccc8cc7c6)ccc5cc4c3)cc2)cc1. The monoisotopic (exact) mass is 597 g/mol. The van der Waals surface area contributed by atoms with Gasteiger partial charge in [0.25, 0.3) is 0 Å². The van der Waals surface area contributed by atoms with Crippen LogP contribution >= 0.6 is 0 Å². The molecule has 0 aromatic heterocycles. The first-order chi connectivity index (χ1) is 23.2. The van der Waals surface area contributed by atoms with Gasteiger partial charge in [-0.1, -0.05) is 109 Å². The Hall–Kier alpha value is -6.18. The molecular weight excluding hydrogens is 567 g/mol. The minimum absolute atomic E-state index is 1.13. The predicted octanol–water partition coefficient (Wildman–Crippen LogP) is 13.1. The molecule has 220 valence electrons. The molecule has 0 bridgehead atoms. The molecule has 0 radical (unpaired) electrons. The van der Waals surface area contributed by atoms with E-state index in [9.17, 15) is 0 Å². The lowest BCUT2D eigenvalue weighted by Gasteiger charge is -2.25. The second kappa shape index (κ2) is 11.3. The van der Waals surface area contributed by atoms with Gasteiger partial charge in [-0.15, -0.1) is 0 Å². The number of nitrogens with zero attached hydrogens (tertiary/aromatic N) is 1. The van der Waals surface area contributed by atoms with Gasteiger partial charge < -0.3 is 4.90 Å². The number of hydrogen-bond donors (Lipinski definition) is 0. The van der Waals surface area contributed by atoms with Crippen molar-refractivity contribution >= 4 is 60.2 Å². The van der Waals surface area contributed by atoms with E-state index < -0.39 is 0 Å². The van der Waals surface area contributed by atoms with Crippen molar-refractivity contribution in [1.29, 1.82) is 0 Å². The Bertz CT molecular complexity index is 2510. The molecule has 0 saturated heterocycles. The summed E-state index contributed by atoms with van der Waals surface area (Å²) in [6.07, 6.45) is 0. The molecule has 0 fully saturated rings. The van der Waals surface area contributed by atoms with E-state index in [0.29, 0.717) is 0 Å². The van der Waals surface area contributed by atoms with Crippen LogP contribution in [0.1, 0.15) is 0 Å². The highest BCUT2D eigenvalue weighted by atomic mass is 15.1. The maximum Gasteiger partial charge on any atom is 0.0462 e. The van der Waals surface area contributed by atoms with Crippen molar-refractivity contribution in [2.75, 3.05) is 4.90 Å². The zero-order valence-corrected chi connectivity index (χ0v) is 25.8. The fraction of sp³-hybridized carbons (Fsp3) is 0. The Morgan fingerprint density at radius 2 is 0.532 bits per heavy atom. The topological polar surface area (TPSA) is 3.24 Å². The smallest absolute Gasteiger partial charge is 0.0462 e. The molecule has 0 saturated carbocycles. The van der Waals surface area contributed by atoms with Crippen LogP contribution in [0.3, 0.4) is 0 Å². The number of fused-ring (bicyclic) bond motifs is 4. The van der Waals surface area contributed by atoms with Gasteiger partial charge in [0.05, 0.1) is 0 Å². The lowest BCUT2D eigenvalue weighted by Crippen LogP contribution is -2.09. The maximum atomic E-state index is 2.33. The largest absolute Gasteiger partial charge is 0.311 e. The molecule has 1 nitrogen and oxygen atoms in total. The molecule has 1 heteroatoms. The summed E-state index contributed by atoms with van der Waals surface area (Å²) in [7, 11) is 0. The first kappa shape index (κ1) is 27.2. The van der Waals surface area contributed by atoms with Gasteiger partial charge in [0.2, 0.25) is 0 Å². The number of benzene rings is 9. The predicted molar refractivity (Wildman–Crippen MR) is 202 cm³/mol. The second-order valence-electron chi connectivity index (χ2n) is 12.3. The third-order valence-corrected chi connectivity index (χ3v) is 9.32. The Balaban J connectivity index is 1.04. The molecule has 0 atom stereocenters. The van der Waals surface area contributed by atoms with Gasteiger partial charge >= 0.3 is 0 Å². The molecule has 9 aromatic rings. The van der Waals surface area contributed by atoms with Crippen LogP contribution in [0.15, 0.2) is 188 Å². The summed E-state index contributed by atoms with van der Waals surface area (Å²) in [6, 6.07) is 68.3. The minimum atomic E-state index is 1.13. The third-order valence-electron chi connectivity index (χ3n) is 9.32. The molecule has 0 amide bonds. The van der Waals surface area contributed by atoms with Crippen LogP contribution < -0.4 is 4.90 Å². The summed E-state index contributed by atoms with van der Waals surface area (Å²) in [6.45, 7) is 0. The number of para-hydroxylation sites is 2. The van der Waals surface area contributed by atoms with E-state index in [1.54, 1.807) is 0 Å².